The largest absolute Gasteiger partial charge is 0.497 e. The van der Waals surface area contributed by atoms with Crippen LogP contribution in [0.3, 0.4) is 0 Å². The lowest BCUT2D eigenvalue weighted by Crippen LogP contribution is -2.29. The first-order chi connectivity index (χ1) is 9.51. The van der Waals surface area contributed by atoms with Crippen molar-refractivity contribution in [3.63, 3.8) is 0 Å². The second kappa shape index (κ2) is 7.78. The average Bonchev–Trinajstić information content (AvgIpc) is 2.43. The molecule has 0 spiro atoms. The fourth-order valence-corrected chi connectivity index (χ4v) is 1.41. The third kappa shape index (κ3) is 5.85. The van der Waals surface area contributed by atoms with Crippen LogP contribution in [-0.4, -0.2) is 36.5 Å². The highest BCUT2D eigenvalue weighted by Gasteiger charge is 2.08. The number of anilines is 1. The minimum absolute atomic E-state index is 0.0251. The predicted molar refractivity (Wildman–Crippen MR) is 71.5 cm³/mol. The lowest BCUT2D eigenvalue weighted by atomic mass is 10.2. The Morgan fingerprint density at radius 1 is 1.20 bits per heavy atom. The lowest BCUT2D eigenvalue weighted by molar-refractivity contribution is -0.138. The van der Waals surface area contributed by atoms with Gasteiger partial charge in [0.25, 0.3) is 0 Å². The second-order valence-corrected chi connectivity index (χ2v) is 3.95. The van der Waals surface area contributed by atoms with Gasteiger partial charge in [-0.25, -0.2) is 0 Å². The average molecular weight is 280 g/mol. The summed E-state index contributed by atoms with van der Waals surface area (Å²) in [5.74, 6) is -1.32. The van der Waals surface area contributed by atoms with Crippen molar-refractivity contribution in [3.05, 3.63) is 24.3 Å². The second-order valence-electron chi connectivity index (χ2n) is 3.95. The van der Waals surface area contributed by atoms with Crippen LogP contribution in [-0.2, 0) is 14.4 Å². The fraction of sp³-hybridized carbons (Fsp3) is 0.308. The maximum atomic E-state index is 11.6. The summed E-state index contributed by atoms with van der Waals surface area (Å²) in [5.41, 5.74) is 0.570. The minimum Gasteiger partial charge on any atom is -0.497 e. The zero-order valence-corrected chi connectivity index (χ0v) is 11.0. The molecule has 0 aliphatic rings. The topological polar surface area (TPSA) is 105 Å². The van der Waals surface area contributed by atoms with E-state index in [-0.39, 0.29) is 18.7 Å². The molecule has 1 aromatic carbocycles. The Bertz CT molecular complexity index is 501. The Morgan fingerprint density at radius 2 is 1.90 bits per heavy atom. The van der Waals surface area contributed by atoms with Crippen LogP contribution in [0.1, 0.15) is 12.8 Å². The third-order valence-electron chi connectivity index (χ3n) is 2.37. The van der Waals surface area contributed by atoms with E-state index in [9.17, 15) is 14.4 Å². The molecule has 0 saturated heterocycles. The van der Waals surface area contributed by atoms with Gasteiger partial charge in [-0.1, -0.05) is 6.07 Å². The maximum Gasteiger partial charge on any atom is 0.322 e. The molecule has 1 rings (SSSR count). The van der Waals surface area contributed by atoms with Crippen molar-refractivity contribution in [3.8, 4) is 5.75 Å². The zero-order chi connectivity index (χ0) is 15.0. The van der Waals surface area contributed by atoms with E-state index in [0.717, 1.165) is 0 Å². The van der Waals surface area contributed by atoms with E-state index in [4.69, 9.17) is 9.84 Å². The molecule has 7 nitrogen and oxygen atoms in total. The van der Waals surface area contributed by atoms with Crippen molar-refractivity contribution >= 4 is 23.5 Å². The molecule has 0 fully saturated rings. The van der Waals surface area contributed by atoms with Crippen LogP contribution >= 0.6 is 0 Å². The van der Waals surface area contributed by atoms with E-state index in [1.807, 2.05) is 0 Å². The van der Waals surface area contributed by atoms with Crippen LogP contribution < -0.4 is 15.4 Å². The van der Waals surface area contributed by atoms with Crippen molar-refractivity contribution in [2.24, 2.45) is 0 Å². The zero-order valence-electron chi connectivity index (χ0n) is 11.0. The number of ether oxygens (including phenoxy) is 1. The maximum absolute atomic E-state index is 11.6. The van der Waals surface area contributed by atoms with Gasteiger partial charge in [-0.05, 0) is 12.1 Å². The summed E-state index contributed by atoms with van der Waals surface area (Å²) in [5, 5.41) is 13.2. The highest BCUT2D eigenvalue weighted by Crippen LogP contribution is 2.16. The van der Waals surface area contributed by atoms with Crippen molar-refractivity contribution in [2.45, 2.75) is 12.8 Å². The lowest BCUT2D eigenvalue weighted by Gasteiger charge is -2.07. The number of carbonyl (C=O) groups is 3. The third-order valence-corrected chi connectivity index (χ3v) is 2.37. The van der Waals surface area contributed by atoms with Crippen LogP contribution in [0, 0.1) is 0 Å². The number of hydrogen-bond acceptors (Lipinski definition) is 4. The van der Waals surface area contributed by atoms with Crippen LogP contribution in [0.15, 0.2) is 24.3 Å². The number of carbonyl (C=O) groups excluding carboxylic acids is 2. The Balaban J connectivity index is 2.36. The Morgan fingerprint density at radius 3 is 2.55 bits per heavy atom. The molecule has 0 bridgehead atoms. The number of carboxylic acid groups (broad SMARTS) is 1. The molecule has 0 atom stereocenters. The molecule has 108 valence electrons. The van der Waals surface area contributed by atoms with Crippen LogP contribution in [0.4, 0.5) is 5.69 Å². The standard InChI is InChI=1S/C13H16N2O5/c1-20-10-4-2-3-9(7-10)15-12(17)6-5-11(16)14-8-13(18)19/h2-4,7H,5-6,8H2,1H3,(H,14,16)(H,15,17)(H,18,19). The van der Waals surface area contributed by atoms with E-state index in [0.29, 0.717) is 11.4 Å². The van der Waals surface area contributed by atoms with E-state index >= 15 is 0 Å². The van der Waals surface area contributed by atoms with Gasteiger partial charge >= 0.3 is 5.97 Å². The monoisotopic (exact) mass is 280 g/mol. The number of carboxylic acids is 1. The van der Waals surface area contributed by atoms with Crippen LogP contribution in [0.5, 0.6) is 5.75 Å². The normalized spacial score (nSPS) is 9.65. The van der Waals surface area contributed by atoms with E-state index in [1.165, 1.54) is 7.11 Å². The molecule has 7 heteroatoms. The van der Waals surface area contributed by atoms with Crippen LogP contribution in [0.25, 0.3) is 0 Å². The number of nitrogens with one attached hydrogen (secondary N) is 2. The van der Waals surface area contributed by atoms with E-state index in [2.05, 4.69) is 10.6 Å². The van der Waals surface area contributed by atoms with Crippen molar-refractivity contribution in [1.82, 2.24) is 5.32 Å². The first kappa shape index (κ1) is 15.5. The molecular weight excluding hydrogens is 264 g/mol. The highest BCUT2D eigenvalue weighted by molar-refractivity contribution is 5.93. The Labute approximate surface area is 115 Å². The van der Waals surface area contributed by atoms with Crippen molar-refractivity contribution in [2.75, 3.05) is 19.0 Å². The molecule has 3 N–H and O–H groups in total. The number of methoxy groups -OCH3 is 1. The molecular formula is C13H16N2O5. The minimum atomic E-state index is -1.13. The molecule has 0 heterocycles. The quantitative estimate of drug-likeness (QED) is 0.679. The van der Waals surface area contributed by atoms with Gasteiger partial charge < -0.3 is 20.5 Å². The molecule has 0 aliphatic carbocycles. The fourth-order valence-electron chi connectivity index (χ4n) is 1.41. The summed E-state index contributed by atoms with van der Waals surface area (Å²) < 4.78 is 5.02. The first-order valence-electron chi connectivity index (χ1n) is 5.93. The summed E-state index contributed by atoms with van der Waals surface area (Å²) >= 11 is 0. The Hall–Kier alpha value is -2.57. The van der Waals surface area contributed by atoms with Gasteiger partial charge in [-0.15, -0.1) is 0 Å². The molecule has 0 unspecified atom stereocenters. The number of rotatable bonds is 7. The SMILES string of the molecule is COc1cccc(NC(=O)CCC(=O)NCC(=O)O)c1. The summed E-state index contributed by atoms with van der Waals surface area (Å²) in [4.78, 5) is 33.1. The number of aliphatic carboxylic acids is 1. The number of benzene rings is 1. The van der Waals surface area contributed by atoms with Gasteiger partial charge in [0.15, 0.2) is 0 Å². The van der Waals surface area contributed by atoms with Gasteiger partial charge in [0, 0.05) is 24.6 Å². The highest BCUT2D eigenvalue weighted by atomic mass is 16.5. The Kier molecular flexibility index (Phi) is 6.02. The molecule has 0 saturated carbocycles. The number of hydrogen-bond donors (Lipinski definition) is 3. The summed E-state index contributed by atoms with van der Waals surface area (Å²) in [6.07, 6.45) is -0.0915. The molecule has 1 aromatic rings. The van der Waals surface area contributed by atoms with Gasteiger partial charge in [-0.3, -0.25) is 14.4 Å². The van der Waals surface area contributed by atoms with Gasteiger partial charge in [0.2, 0.25) is 11.8 Å². The summed E-state index contributed by atoms with van der Waals surface area (Å²) in [6, 6.07) is 6.83. The van der Waals surface area contributed by atoms with E-state index in [1.54, 1.807) is 24.3 Å². The van der Waals surface area contributed by atoms with Gasteiger partial charge in [-0.2, -0.15) is 0 Å². The number of amides is 2. The van der Waals surface area contributed by atoms with Gasteiger partial charge in [0.05, 0.1) is 7.11 Å². The smallest absolute Gasteiger partial charge is 0.322 e. The summed E-state index contributed by atoms with van der Waals surface area (Å²) in [7, 11) is 1.52. The summed E-state index contributed by atoms with van der Waals surface area (Å²) in [6.45, 7) is -0.448. The molecule has 20 heavy (non-hydrogen) atoms. The van der Waals surface area contributed by atoms with Crippen molar-refractivity contribution in [1.29, 1.82) is 0 Å². The van der Waals surface area contributed by atoms with Crippen LogP contribution in [0.2, 0.25) is 0 Å². The van der Waals surface area contributed by atoms with Gasteiger partial charge in [0.1, 0.15) is 12.3 Å². The molecule has 0 aliphatic heterocycles. The van der Waals surface area contributed by atoms with E-state index < -0.39 is 18.4 Å². The molecule has 0 aromatic heterocycles. The molecule has 2 amide bonds. The predicted octanol–water partition coefficient (Wildman–Crippen LogP) is 0.615. The van der Waals surface area contributed by atoms with Crippen molar-refractivity contribution < 1.29 is 24.2 Å². The first-order valence-corrected chi connectivity index (χ1v) is 5.93. The molecule has 0 radical (unpaired) electrons.